The highest BCUT2D eigenvalue weighted by Gasteiger charge is 2.61. The molecule has 0 unspecified atom stereocenters. The Hall–Kier alpha value is -5.32. The summed E-state index contributed by atoms with van der Waals surface area (Å²) in [4.78, 5) is 52.7. The van der Waals surface area contributed by atoms with Gasteiger partial charge in [0.05, 0.1) is 82.0 Å². The monoisotopic (exact) mass is 1250 g/mol. The summed E-state index contributed by atoms with van der Waals surface area (Å²) in [6.07, 6.45) is 9.16. The van der Waals surface area contributed by atoms with Crippen molar-refractivity contribution in [3.8, 4) is 5.75 Å². The first-order chi connectivity index (χ1) is 41.9. The Kier molecular flexibility index (Phi) is 29.0. The van der Waals surface area contributed by atoms with Crippen molar-refractivity contribution in [2.24, 2.45) is 10.8 Å². The van der Waals surface area contributed by atoms with Gasteiger partial charge in [-0.05, 0) is 86.0 Å². The summed E-state index contributed by atoms with van der Waals surface area (Å²) >= 11 is 0. The van der Waals surface area contributed by atoms with Gasteiger partial charge in [-0.25, -0.2) is 9.59 Å². The molecule has 5 rings (SSSR count). The first-order valence-electron chi connectivity index (χ1n) is 31.2. The summed E-state index contributed by atoms with van der Waals surface area (Å²) in [5.41, 5.74) is 1.06. The molecule has 2 aromatic carbocycles. The van der Waals surface area contributed by atoms with Crippen molar-refractivity contribution in [1.82, 2.24) is 0 Å². The highest BCUT2D eigenvalue weighted by molar-refractivity contribution is 6.73. The highest BCUT2D eigenvalue weighted by atomic mass is 28.4. The van der Waals surface area contributed by atoms with Gasteiger partial charge >= 0.3 is 23.9 Å². The normalized spacial score (nSPS) is 25.8. The molecule has 490 valence electrons. The van der Waals surface area contributed by atoms with Crippen molar-refractivity contribution >= 4 is 32.2 Å². The molecule has 3 aliphatic rings. The fraction of sp³-hybridized carbons (Fsp3) is 0.623. The molecular weight excluding hydrogens is 1140 g/mol. The molecule has 88 heavy (non-hydrogen) atoms. The van der Waals surface area contributed by atoms with Crippen molar-refractivity contribution in [2.45, 2.75) is 231 Å². The molecule has 11 atom stereocenters. The van der Waals surface area contributed by atoms with Crippen LogP contribution in [0.1, 0.15) is 145 Å². The number of carboxylic acid groups (broad SMARTS) is 1. The minimum absolute atomic E-state index is 0.0247. The predicted octanol–water partition coefficient (Wildman–Crippen LogP) is 13.0. The Bertz CT molecular complexity index is 2640. The van der Waals surface area contributed by atoms with Crippen LogP contribution < -0.4 is 4.74 Å². The minimum atomic E-state index is -2.27. The van der Waals surface area contributed by atoms with E-state index in [9.17, 15) is 24.3 Å². The van der Waals surface area contributed by atoms with E-state index in [0.29, 0.717) is 37.2 Å². The molecule has 0 amide bonds. The van der Waals surface area contributed by atoms with Gasteiger partial charge in [0, 0.05) is 58.0 Å². The molecule has 3 saturated heterocycles. The number of hydrogen-bond acceptors (Lipinski definition) is 17. The summed E-state index contributed by atoms with van der Waals surface area (Å²) < 4.78 is 83.5. The first-order valence-corrected chi connectivity index (χ1v) is 33.8. The van der Waals surface area contributed by atoms with E-state index in [1.807, 2.05) is 107 Å². The van der Waals surface area contributed by atoms with E-state index in [4.69, 9.17) is 61.3 Å². The number of allylic oxidation sites excluding steroid dienone is 3. The number of esters is 3. The molecule has 3 aliphatic heterocycles. The van der Waals surface area contributed by atoms with Crippen LogP contribution in [0.4, 0.5) is 0 Å². The van der Waals surface area contributed by atoms with E-state index in [1.54, 1.807) is 26.4 Å². The largest absolute Gasteiger partial charge is 0.497 e. The van der Waals surface area contributed by atoms with Gasteiger partial charge < -0.3 is 66.4 Å². The van der Waals surface area contributed by atoms with Gasteiger partial charge in [-0.1, -0.05) is 147 Å². The van der Waals surface area contributed by atoms with Crippen molar-refractivity contribution in [2.75, 3.05) is 35.2 Å². The molecule has 19 heteroatoms. The van der Waals surface area contributed by atoms with Crippen LogP contribution in [-0.2, 0) is 88.9 Å². The van der Waals surface area contributed by atoms with Crippen LogP contribution in [0.15, 0.2) is 115 Å². The average molecular weight is 1250 g/mol. The number of carbonyl (C=O) groups is 4. The molecule has 1 N–H and O–H groups in total. The average Bonchev–Trinajstić information content (AvgIpc) is 1.07. The molecule has 18 nitrogen and oxygen atoms in total. The molecular formula is C69H102O18Si. The van der Waals surface area contributed by atoms with Gasteiger partial charge in [-0.15, -0.1) is 0 Å². The number of carboxylic acids is 1. The molecule has 0 aromatic heterocycles. The van der Waals surface area contributed by atoms with Gasteiger partial charge in [0.2, 0.25) is 5.79 Å². The van der Waals surface area contributed by atoms with Crippen LogP contribution in [-0.4, -0.2) is 139 Å². The van der Waals surface area contributed by atoms with Crippen molar-refractivity contribution < 1.29 is 85.6 Å². The van der Waals surface area contributed by atoms with Gasteiger partial charge in [0.1, 0.15) is 18.6 Å². The number of ether oxygens (including phenoxy) is 12. The van der Waals surface area contributed by atoms with E-state index in [0.717, 1.165) is 47.7 Å². The summed E-state index contributed by atoms with van der Waals surface area (Å²) in [6, 6.07) is 19.9. The predicted molar refractivity (Wildman–Crippen MR) is 337 cm³/mol. The van der Waals surface area contributed by atoms with Crippen molar-refractivity contribution in [3.05, 3.63) is 126 Å². The molecule has 3 fully saturated rings. The Morgan fingerprint density at radius 1 is 0.818 bits per heavy atom. The second-order valence-corrected chi connectivity index (χ2v) is 29.2. The summed E-state index contributed by atoms with van der Waals surface area (Å²) in [6.45, 7) is 24.4. The summed E-state index contributed by atoms with van der Waals surface area (Å²) in [5, 5.41) is 10.1. The number of carbonyl (C=O) groups excluding carboxylic acids is 3. The third-order valence-corrected chi connectivity index (χ3v) is 22.4. The molecule has 2 aromatic rings. The zero-order valence-electron chi connectivity index (χ0n) is 54.8. The standard InChI is InChI=1S/C69H102O18Si/c1-16-20-21-22-26-29-63(73)84-65-53(39-64(74)76-13)38-56(41-60(80-46-52-30-32-54(75-12)33-31-52)49(6)81-47-79-45-51-27-24-23-25-28-51)86-69(65,78-15)66(8,9)35-34-55-36-48(5)37-59(83-55)44-68(77-14)67(10,11)61(82-50(7)70)42-57(85-68)40-58(43-62(71)72)87-88(17-2,18-3)19-4/h21-35,39,49,55-61,65H,5,16-20,36-38,40-47H2,1-4,6-15H3,(H,71,72)/t49-,55+,56+,57-,58-,59+,60-,61+,65+,68+,69-/m1/s1. The molecule has 0 saturated carbocycles. The maximum absolute atomic E-state index is 14.0. The van der Waals surface area contributed by atoms with E-state index in [1.165, 1.54) is 33.3 Å². The van der Waals surface area contributed by atoms with Gasteiger partial charge in [-0.2, -0.15) is 0 Å². The smallest absolute Gasteiger partial charge is 0.331 e. The van der Waals surface area contributed by atoms with Gasteiger partial charge in [0.25, 0.3) is 0 Å². The number of hydrogen-bond donors (Lipinski definition) is 1. The van der Waals surface area contributed by atoms with Crippen molar-refractivity contribution in [1.29, 1.82) is 0 Å². The highest BCUT2D eigenvalue weighted by Crippen LogP contribution is 2.52. The van der Waals surface area contributed by atoms with E-state index in [-0.39, 0.29) is 45.5 Å². The van der Waals surface area contributed by atoms with Gasteiger partial charge in [0.15, 0.2) is 20.2 Å². The van der Waals surface area contributed by atoms with E-state index < -0.39 is 110 Å². The Balaban J connectivity index is 1.53. The third-order valence-electron chi connectivity index (χ3n) is 17.7. The van der Waals surface area contributed by atoms with Gasteiger partial charge in [-0.3, -0.25) is 9.59 Å². The van der Waals surface area contributed by atoms with Crippen LogP contribution in [0.3, 0.4) is 0 Å². The summed E-state index contributed by atoms with van der Waals surface area (Å²) in [5.74, 6) is -5.31. The lowest BCUT2D eigenvalue weighted by atomic mass is 9.70. The maximum Gasteiger partial charge on any atom is 0.331 e. The number of unbranched alkanes of at least 4 members (excludes halogenated alkanes) is 1. The maximum atomic E-state index is 14.0. The zero-order chi connectivity index (χ0) is 64.7. The van der Waals surface area contributed by atoms with E-state index in [2.05, 4.69) is 34.3 Å². The molecule has 0 radical (unpaired) electrons. The lowest BCUT2D eigenvalue weighted by Crippen LogP contribution is -2.63. The molecule has 3 heterocycles. The molecule has 0 aliphatic carbocycles. The quantitative estimate of drug-likeness (QED) is 0.00994. The van der Waals surface area contributed by atoms with Crippen LogP contribution >= 0.6 is 0 Å². The number of methoxy groups -OCH3 is 4. The topological polar surface area (TPSA) is 208 Å². The summed E-state index contributed by atoms with van der Waals surface area (Å²) in [7, 11) is 3.68. The zero-order valence-corrected chi connectivity index (χ0v) is 55.8. The number of rotatable bonds is 35. The fourth-order valence-electron chi connectivity index (χ4n) is 12.2. The fourth-order valence-corrected chi connectivity index (χ4v) is 15.1. The SMILES string of the molecule is C=C1C[C@@H](C[C@]2(OC)O[C@H](C[C@H](CC(=O)O)O[Si](CC)(CC)CC)C[C@H](OC(C)=O)C2(C)C)O[C@@H](C=CC(C)(C)[C@]2(OC)O[C@H](C[C@@H](OCc3ccc(OC)cc3)[C@@H](C)OCOCc3ccccc3)CC(=CC(=O)OC)[C@@H]2OC(=O)C=CC=CCCC)C1. The number of aliphatic carboxylic acids is 1. The minimum Gasteiger partial charge on any atom is -0.497 e. The lowest BCUT2D eigenvalue weighted by Gasteiger charge is -2.55. The second kappa shape index (κ2) is 34.8. The Labute approximate surface area is 524 Å². The lowest BCUT2D eigenvalue weighted by molar-refractivity contribution is -0.358. The Morgan fingerprint density at radius 2 is 1.51 bits per heavy atom. The third kappa shape index (κ3) is 20.3. The van der Waals surface area contributed by atoms with Crippen LogP contribution in [0.5, 0.6) is 5.75 Å². The second-order valence-electron chi connectivity index (χ2n) is 24.5. The Morgan fingerprint density at radius 3 is 2.12 bits per heavy atom. The first kappa shape index (κ1) is 73.4. The number of benzene rings is 2. The van der Waals surface area contributed by atoms with Crippen molar-refractivity contribution in [3.63, 3.8) is 0 Å². The van der Waals surface area contributed by atoms with E-state index >= 15 is 0 Å². The molecule has 0 spiro atoms. The molecule has 0 bridgehead atoms. The van der Waals surface area contributed by atoms with Crippen LogP contribution in [0.2, 0.25) is 18.1 Å². The van der Waals surface area contributed by atoms with Crippen LogP contribution in [0, 0.1) is 10.8 Å². The van der Waals surface area contributed by atoms with Crippen LogP contribution in [0.25, 0.3) is 0 Å².